The molecule has 2 nitrogen and oxygen atoms in total. The van der Waals surface area contributed by atoms with Gasteiger partial charge in [-0.3, -0.25) is 0 Å². The fourth-order valence-electron chi connectivity index (χ4n) is 1.80. The summed E-state index contributed by atoms with van der Waals surface area (Å²) in [6, 6.07) is 5.59. The molecule has 0 aliphatic heterocycles. The zero-order valence-corrected chi connectivity index (χ0v) is 8.16. The zero-order valence-electron chi connectivity index (χ0n) is 8.16. The van der Waals surface area contributed by atoms with Crippen LogP contribution in [0.5, 0.6) is 0 Å². The third-order valence-corrected chi connectivity index (χ3v) is 2.80. The van der Waals surface area contributed by atoms with E-state index in [1.165, 1.54) is 24.3 Å². The molecule has 0 unspecified atom stereocenters. The van der Waals surface area contributed by atoms with Crippen LogP contribution >= 0.6 is 0 Å². The second-order valence-electron chi connectivity index (χ2n) is 3.92. The average molecular weight is 230 g/mol. The van der Waals surface area contributed by atoms with Crippen LogP contribution in [-0.2, 0) is 0 Å². The molecular formula is C11H9F3O2. The summed E-state index contributed by atoms with van der Waals surface area (Å²) in [4.78, 5) is 10.5. The molecule has 86 valence electrons. The number of carboxylic acid groups (broad SMARTS) is 1. The Kier molecular flexibility index (Phi) is 2.40. The number of carbonyl (C=O) groups is 1. The van der Waals surface area contributed by atoms with E-state index in [4.69, 9.17) is 5.11 Å². The average Bonchev–Trinajstić information content (AvgIpc) is 2.96. The monoisotopic (exact) mass is 230 g/mol. The first kappa shape index (κ1) is 11.0. The molecule has 0 saturated heterocycles. The summed E-state index contributed by atoms with van der Waals surface area (Å²) in [6.45, 7) is 0. The van der Waals surface area contributed by atoms with Crippen molar-refractivity contribution in [2.75, 3.05) is 0 Å². The van der Waals surface area contributed by atoms with Gasteiger partial charge in [0.05, 0.1) is 11.5 Å². The van der Waals surface area contributed by atoms with Crippen molar-refractivity contribution in [1.29, 1.82) is 0 Å². The van der Waals surface area contributed by atoms with Crippen molar-refractivity contribution >= 4 is 5.97 Å². The molecule has 0 heterocycles. The predicted molar refractivity (Wildman–Crippen MR) is 50.3 cm³/mol. The van der Waals surface area contributed by atoms with Gasteiger partial charge in [0.25, 0.3) is 0 Å². The molecular weight excluding hydrogens is 221 g/mol. The smallest absolute Gasteiger partial charge is 0.392 e. The highest BCUT2D eigenvalue weighted by Crippen LogP contribution is 2.55. The molecule has 0 radical (unpaired) electrons. The predicted octanol–water partition coefficient (Wildman–Crippen LogP) is 3.05. The topological polar surface area (TPSA) is 37.3 Å². The van der Waals surface area contributed by atoms with Crippen LogP contribution in [0.25, 0.3) is 0 Å². The Morgan fingerprint density at radius 2 is 1.81 bits per heavy atom. The molecule has 0 spiro atoms. The van der Waals surface area contributed by atoms with E-state index >= 15 is 0 Å². The van der Waals surface area contributed by atoms with Gasteiger partial charge < -0.3 is 5.11 Å². The van der Waals surface area contributed by atoms with Crippen LogP contribution < -0.4 is 0 Å². The summed E-state index contributed by atoms with van der Waals surface area (Å²) >= 11 is 0. The van der Waals surface area contributed by atoms with Crippen LogP contribution in [0.3, 0.4) is 0 Å². The first-order valence-electron chi connectivity index (χ1n) is 4.79. The number of alkyl halides is 3. The van der Waals surface area contributed by atoms with E-state index in [0.29, 0.717) is 5.56 Å². The third kappa shape index (κ3) is 2.03. The number of hydrogen-bond acceptors (Lipinski definition) is 1. The van der Waals surface area contributed by atoms with Crippen molar-refractivity contribution in [2.24, 2.45) is 5.92 Å². The molecule has 16 heavy (non-hydrogen) atoms. The SMILES string of the molecule is O=C(O)c1ccc([C@H]2C[C@@H]2C(F)(F)F)cc1. The van der Waals surface area contributed by atoms with Crippen molar-refractivity contribution in [2.45, 2.75) is 18.5 Å². The first-order chi connectivity index (χ1) is 7.39. The normalized spacial score (nSPS) is 24.2. The maximum Gasteiger partial charge on any atom is 0.392 e. The minimum absolute atomic E-state index is 0.0907. The molecule has 1 aliphatic carbocycles. The second kappa shape index (κ2) is 3.50. The Labute approximate surface area is 89.7 Å². The fraction of sp³-hybridized carbons (Fsp3) is 0.364. The first-order valence-corrected chi connectivity index (χ1v) is 4.79. The van der Waals surface area contributed by atoms with Gasteiger partial charge >= 0.3 is 12.1 Å². The molecule has 2 rings (SSSR count). The molecule has 0 bridgehead atoms. The number of aromatic carboxylic acids is 1. The lowest BCUT2D eigenvalue weighted by molar-refractivity contribution is -0.148. The molecule has 1 aliphatic rings. The van der Waals surface area contributed by atoms with E-state index in [0.717, 1.165) is 0 Å². The summed E-state index contributed by atoms with van der Waals surface area (Å²) in [5.74, 6) is -2.83. The lowest BCUT2D eigenvalue weighted by Gasteiger charge is -2.05. The molecule has 1 N–H and O–H groups in total. The summed E-state index contributed by atoms with van der Waals surface area (Å²) < 4.78 is 36.9. The largest absolute Gasteiger partial charge is 0.478 e. The van der Waals surface area contributed by atoms with Gasteiger partial charge in [0, 0.05) is 0 Å². The Morgan fingerprint density at radius 3 is 2.19 bits per heavy atom. The highest BCUT2D eigenvalue weighted by atomic mass is 19.4. The lowest BCUT2D eigenvalue weighted by Crippen LogP contribution is -2.11. The maximum atomic E-state index is 12.3. The van der Waals surface area contributed by atoms with Crippen LogP contribution in [0.4, 0.5) is 13.2 Å². The van der Waals surface area contributed by atoms with Crippen LogP contribution in [0.2, 0.25) is 0 Å². The number of halogens is 3. The highest BCUT2D eigenvalue weighted by Gasteiger charge is 2.55. The molecule has 1 aromatic carbocycles. The van der Waals surface area contributed by atoms with Gasteiger partial charge in [0.15, 0.2) is 0 Å². The summed E-state index contributed by atoms with van der Waals surface area (Å²) in [7, 11) is 0. The zero-order chi connectivity index (χ0) is 11.9. The van der Waals surface area contributed by atoms with Gasteiger partial charge in [-0.25, -0.2) is 4.79 Å². The number of hydrogen-bond donors (Lipinski definition) is 1. The Hall–Kier alpha value is -1.52. The molecule has 1 fully saturated rings. The van der Waals surface area contributed by atoms with Crippen molar-refractivity contribution in [3.63, 3.8) is 0 Å². The molecule has 1 saturated carbocycles. The van der Waals surface area contributed by atoms with Gasteiger partial charge in [-0.15, -0.1) is 0 Å². The maximum absolute atomic E-state index is 12.3. The van der Waals surface area contributed by atoms with Gasteiger partial charge in [-0.05, 0) is 30.0 Å². The van der Waals surface area contributed by atoms with Gasteiger partial charge in [0.1, 0.15) is 0 Å². The summed E-state index contributed by atoms with van der Waals surface area (Å²) in [5, 5.41) is 8.63. The third-order valence-electron chi connectivity index (χ3n) is 2.80. The van der Waals surface area contributed by atoms with E-state index in [1.807, 2.05) is 0 Å². The minimum Gasteiger partial charge on any atom is -0.478 e. The Morgan fingerprint density at radius 1 is 1.25 bits per heavy atom. The van der Waals surface area contributed by atoms with Crippen LogP contribution in [-0.4, -0.2) is 17.3 Å². The van der Waals surface area contributed by atoms with E-state index < -0.39 is 24.0 Å². The van der Waals surface area contributed by atoms with E-state index in [1.54, 1.807) is 0 Å². The number of rotatable bonds is 2. The number of carboxylic acids is 1. The minimum atomic E-state index is -4.14. The van der Waals surface area contributed by atoms with Crippen molar-refractivity contribution in [3.05, 3.63) is 35.4 Å². The molecule has 0 aromatic heterocycles. The second-order valence-corrected chi connectivity index (χ2v) is 3.92. The molecule has 5 heteroatoms. The van der Waals surface area contributed by atoms with Crippen molar-refractivity contribution < 1.29 is 23.1 Å². The van der Waals surface area contributed by atoms with Crippen LogP contribution in [0, 0.1) is 5.92 Å². The van der Waals surface area contributed by atoms with Gasteiger partial charge in [-0.1, -0.05) is 12.1 Å². The van der Waals surface area contributed by atoms with Crippen molar-refractivity contribution in [1.82, 2.24) is 0 Å². The Balaban J connectivity index is 2.11. The van der Waals surface area contributed by atoms with E-state index in [9.17, 15) is 18.0 Å². The summed E-state index contributed by atoms with van der Waals surface area (Å²) in [5.41, 5.74) is 0.653. The number of benzene rings is 1. The highest BCUT2D eigenvalue weighted by molar-refractivity contribution is 5.87. The lowest BCUT2D eigenvalue weighted by atomic mass is 10.1. The van der Waals surface area contributed by atoms with Gasteiger partial charge in [-0.2, -0.15) is 13.2 Å². The fourth-order valence-corrected chi connectivity index (χ4v) is 1.80. The Bertz CT molecular complexity index is 408. The molecule has 0 amide bonds. The van der Waals surface area contributed by atoms with Crippen LogP contribution in [0.1, 0.15) is 28.3 Å². The summed E-state index contributed by atoms with van der Waals surface area (Å²) in [6.07, 6.45) is -4.04. The van der Waals surface area contributed by atoms with E-state index in [2.05, 4.69) is 0 Å². The van der Waals surface area contributed by atoms with Crippen LogP contribution in [0.15, 0.2) is 24.3 Å². The molecule has 2 atom stereocenters. The molecule has 1 aromatic rings. The van der Waals surface area contributed by atoms with Crippen molar-refractivity contribution in [3.8, 4) is 0 Å². The van der Waals surface area contributed by atoms with E-state index in [-0.39, 0.29) is 12.0 Å². The quantitative estimate of drug-likeness (QED) is 0.847. The standard InChI is InChI=1S/C11H9F3O2/c12-11(13,14)9-5-8(9)6-1-3-7(4-2-6)10(15)16/h1-4,8-9H,5H2,(H,15,16)/t8-,9+/m1/s1. The van der Waals surface area contributed by atoms with Gasteiger partial charge in [0.2, 0.25) is 0 Å².